The molecule has 0 aliphatic carbocycles. The molecule has 1 aliphatic heterocycles. The fourth-order valence-corrected chi connectivity index (χ4v) is 3.91. The van der Waals surface area contributed by atoms with E-state index in [2.05, 4.69) is 4.98 Å². The number of aryl methyl sites for hydroxylation is 2. The summed E-state index contributed by atoms with van der Waals surface area (Å²) in [6.07, 6.45) is 0. The van der Waals surface area contributed by atoms with E-state index in [-0.39, 0.29) is 29.5 Å². The molecule has 4 rings (SSSR count). The lowest BCUT2D eigenvalue weighted by Gasteiger charge is -2.35. The summed E-state index contributed by atoms with van der Waals surface area (Å²) in [6.45, 7) is 4.92. The topological polar surface area (TPSA) is 82.7 Å². The molecule has 1 fully saturated rings. The average Bonchev–Trinajstić information content (AvgIpc) is 2.78. The lowest BCUT2D eigenvalue weighted by Crippen LogP contribution is -2.51. The molecule has 0 bridgehead atoms. The summed E-state index contributed by atoms with van der Waals surface area (Å²) in [6, 6.07) is 11.7. The molecular weight excluding hydrogens is 413 g/mol. The predicted octanol–water partition coefficient (Wildman–Crippen LogP) is 2.65. The molecule has 0 saturated carbocycles. The Morgan fingerprint density at radius 2 is 1.72 bits per heavy atom. The third kappa shape index (κ3) is 4.34. The minimum absolute atomic E-state index is 0.0219. The van der Waals surface area contributed by atoms with Crippen molar-refractivity contribution in [1.29, 1.82) is 0 Å². The van der Waals surface area contributed by atoms with Gasteiger partial charge in [0.25, 0.3) is 11.8 Å². The highest BCUT2D eigenvalue weighted by Gasteiger charge is 2.27. The van der Waals surface area contributed by atoms with Gasteiger partial charge in [-0.2, -0.15) is 0 Å². The van der Waals surface area contributed by atoms with Gasteiger partial charge in [0.05, 0.1) is 11.1 Å². The van der Waals surface area contributed by atoms with Gasteiger partial charge < -0.3 is 19.5 Å². The van der Waals surface area contributed by atoms with Crippen LogP contribution in [-0.4, -0.2) is 59.4 Å². The van der Waals surface area contributed by atoms with Crippen LogP contribution in [0.3, 0.4) is 0 Å². The van der Waals surface area contributed by atoms with Crippen molar-refractivity contribution in [2.75, 3.05) is 32.8 Å². The first-order valence-corrected chi connectivity index (χ1v) is 10.4. The molecule has 0 spiro atoms. The summed E-state index contributed by atoms with van der Waals surface area (Å²) < 4.78 is 20.0. The van der Waals surface area contributed by atoms with Crippen LogP contribution in [0.1, 0.15) is 21.5 Å². The molecule has 0 unspecified atom stereocenters. The maximum atomic E-state index is 14.3. The molecule has 166 valence electrons. The number of aromatic nitrogens is 1. The number of nitrogens with zero attached hydrogens (tertiary/aromatic N) is 2. The van der Waals surface area contributed by atoms with Crippen molar-refractivity contribution >= 4 is 22.7 Å². The fourth-order valence-electron chi connectivity index (χ4n) is 3.91. The summed E-state index contributed by atoms with van der Waals surface area (Å²) in [5.41, 5.74) is 1.25. The Morgan fingerprint density at radius 1 is 1.03 bits per heavy atom. The summed E-state index contributed by atoms with van der Waals surface area (Å²) in [5.74, 6) is -0.414. The van der Waals surface area contributed by atoms with E-state index in [4.69, 9.17) is 4.74 Å². The molecule has 1 aromatic heterocycles. The second kappa shape index (κ2) is 8.82. The number of pyridine rings is 1. The number of nitrogens with one attached hydrogen (secondary N) is 1. The molecule has 3 aromatic rings. The van der Waals surface area contributed by atoms with Gasteiger partial charge >= 0.3 is 0 Å². The van der Waals surface area contributed by atoms with Crippen LogP contribution in [0.25, 0.3) is 10.9 Å². The van der Waals surface area contributed by atoms with Crippen LogP contribution in [0.5, 0.6) is 5.75 Å². The Bertz CT molecular complexity index is 1250. The van der Waals surface area contributed by atoms with E-state index >= 15 is 0 Å². The van der Waals surface area contributed by atoms with Gasteiger partial charge in [0.1, 0.15) is 11.6 Å². The second-order valence-corrected chi connectivity index (χ2v) is 7.94. The third-order valence-electron chi connectivity index (χ3n) is 5.64. The molecule has 8 heteroatoms. The molecule has 32 heavy (non-hydrogen) atoms. The maximum absolute atomic E-state index is 14.3. The Hall–Kier alpha value is -3.68. The standard InChI is InChI=1S/C24H24FN3O4/c1-15-11-17-18(13-21(29)26-23(17)19(25)12-15)24(31)28-9-7-27(8-10-28)22(30)14-32-20-6-4-3-5-16(20)2/h3-6,11-13H,7-10,14H2,1-2H3,(H,26,29). The van der Waals surface area contributed by atoms with Crippen LogP contribution in [0.2, 0.25) is 0 Å². The zero-order chi connectivity index (χ0) is 22.8. The number of hydrogen-bond acceptors (Lipinski definition) is 4. The number of halogens is 1. The number of piperazine rings is 1. The number of hydrogen-bond donors (Lipinski definition) is 1. The summed E-state index contributed by atoms with van der Waals surface area (Å²) in [7, 11) is 0. The average molecular weight is 437 g/mol. The van der Waals surface area contributed by atoms with Crippen molar-refractivity contribution < 1.29 is 18.7 Å². The van der Waals surface area contributed by atoms with Crippen LogP contribution in [0, 0.1) is 19.7 Å². The van der Waals surface area contributed by atoms with E-state index in [1.54, 1.807) is 22.8 Å². The highest BCUT2D eigenvalue weighted by atomic mass is 19.1. The number of fused-ring (bicyclic) bond motifs is 1. The van der Waals surface area contributed by atoms with Crippen molar-refractivity contribution in [1.82, 2.24) is 14.8 Å². The van der Waals surface area contributed by atoms with E-state index in [9.17, 15) is 18.8 Å². The highest BCUT2D eigenvalue weighted by molar-refractivity contribution is 6.06. The van der Waals surface area contributed by atoms with E-state index in [1.165, 1.54) is 12.1 Å². The first-order valence-electron chi connectivity index (χ1n) is 10.4. The first kappa shape index (κ1) is 21.5. The quantitative estimate of drug-likeness (QED) is 0.680. The van der Waals surface area contributed by atoms with Crippen molar-refractivity contribution in [3.63, 3.8) is 0 Å². The number of para-hydroxylation sites is 1. The molecule has 2 heterocycles. The van der Waals surface area contributed by atoms with E-state index in [1.807, 2.05) is 31.2 Å². The molecule has 7 nitrogen and oxygen atoms in total. The molecule has 2 amide bonds. The third-order valence-corrected chi connectivity index (χ3v) is 5.64. The van der Waals surface area contributed by atoms with Crippen LogP contribution >= 0.6 is 0 Å². The number of H-pyrrole nitrogens is 1. The maximum Gasteiger partial charge on any atom is 0.260 e. The predicted molar refractivity (Wildman–Crippen MR) is 118 cm³/mol. The Labute approximate surface area is 184 Å². The highest BCUT2D eigenvalue weighted by Crippen LogP contribution is 2.22. The van der Waals surface area contributed by atoms with Gasteiger partial charge in [0.2, 0.25) is 5.56 Å². The Balaban J connectivity index is 1.43. The molecule has 1 saturated heterocycles. The van der Waals surface area contributed by atoms with Crippen LogP contribution in [0.4, 0.5) is 4.39 Å². The molecule has 0 radical (unpaired) electrons. The SMILES string of the molecule is Cc1cc(F)c2[nH]c(=O)cc(C(=O)N3CCN(C(=O)COc4ccccc4C)CC3)c2c1. The summed E-state index contributed by atoms with van der Waals surface area (Å²) in [4.78, 5) is 43.4. The summed E-state index contributed by atoms with van der Waals surface area (Å²) >= 11 is 0. The van der Waals surface area contributed by atoms with E-state index < -0.39 is 11.4 Å². The van der Waals surface area contributed by atoms with Crippen molar-refractivity contribution in [2.45, 2.75) is 13.8 Å². The number of aromatic amines is 1. The number of amides is 2. The van der Waals surface area contributed by atoms with Gasteiger partial charge in [0, 0.05) is 37.6 Å². The Morgan fingerprint density at radius 3 is 2.44 bits per heavy atom. The lowest BCUT2D eigenvalue weighted by molar-refractivity contribution is -0.134. The van der Waals surface area contributed by atoms with E-state index in [0.717, 1.165) is 5.56 Å². The van der Waals surface area contributed by atoms with Gasteiger partial charge in [-0.1, -0.05) is 18.2 Å². The number of rotatable bonds is 4. The van der Waals surface area contributed by atoms with E-state index in [0.29, 0.717) is 42.9 Å². The van der Waals surface area contributed by atoms with Gasteiger partial charge in [-0.25, -0.2) is 4.39 Å². The van der Waals surface area contributed by atoms with Crippen molar-refractivity contribution in [2.24, 2.45) is 0 Å². The zero-order valence-corrected chi connectivity index (χ0v) is 18.0. The van der Waals surface area contributed by atoms with Crippen molar-refractivity contribution in [3.8, 4) is 5.75 Å². The Kier molecular flexibility index (Phi) is 5.94. The van der Waals surface area contributed by atoms with Crippen LogP contribution in [0.15, 0.2) is 47.3 Å². The monoisotopic (exact) mass is 437 g/mol. The smallest absolute Gasteiger partial charge is 0.260 e. The molecular formula is C24H24FN3O4. The largest absolute Gasteiger partial charge is 0.484 e. The number of ether oxygens (including phenoxy) is 1. The second-order valence-electron chi connectivity index (χ2n) is 7.94. The number of carbonyl (C=O) groups excluding carboxylic acids is 2. The molecule has 2 aromatic carbocycles. The van der Waals surface area contributed by atoms with Crippen LogP contribution in [-0.2, 0) is 4.79 Å². The van der Waals surface area contributed by atoms with Crippen LogP contribution < -0.4 is 10.3 Å². The van der Waals surface area contributed by atoms with Gasteiger partial charge in [0.15, 0.2) is 6.61 Å². The first-order chi connectivity index (χ1) is 15.3. The zero-order valence-electron chi connectivity index (χ0n) is 18.0. The molecule has 0 atom stereocenters. The normalized spacial score (nSPS) is 14.0. The number of benzene rings is 2. The number of carbonyl (C=O) groups is 2. The lowest BCUT2D eigenvalue weighted by atomic mass is 10.0. The molecule has 1 aliphatic rings. The minimum atomic E-state index is -0.573. The summed E-state index contributed by atoms with van der Waals surface area (Å²) in [5, 5.41) is 0.372. The van der Waals surface area contributed by atoms with Gasteiger partial charge in [-0.05, 0) is 43.2 Å². The van der Waals surface area contributed by atoms with Crippen molar-refractivity contribution in [3.05, 3.63) is 75.3 Å². The fraction of sp³-hybridized carbons (Fsp3) is 0.292. The molecule has 1 N–H and O–H groups in total. The minimum Gasteiger partial charge on any atom is -0.484 e. The van der Waals surface area contributed by atoms with Gasteiger partial charge in [-0.15, -0.1) is 0 Å². The van der Waals surface area contributed by atoms with Gasteiger partial charge in [-0.3, -0.25) is 14.4 Å².